The molecule has 1 aromatic carbocycles. The Labute approximate surface area is 174 Å². The number of rotatable bonds is 12. The van der Waals surface area contributed by atoms with E-state index in [0.29, 0.717) is 12.8 Å². The number of nitrogens with one attached hydrogen (secondary N) is 2. The van der Waals surface area contributed by atoms with Crippen molar-refractivity contribution in [1.82, 2.24) is 15.7 Å². The molecular formula is C22H35N3O4. The van der Waals surface area contributed by atoms with Crippen molar-refractivity contribution in [2.75, 3.05) is 13.6 Å². The van der Waals surface area contributed by atoms with E-state index < -0.39 is 17.4 Å². The molecule has 0 aliphatic heterocycles. The smallest absolute Gasteiger partial charge is 0.242 e. The van der Waals surface area contributed by atoms with Crippen LogP contribution < -0.4 is 10.6 Å². The Hall–Kier alpha value is -2.41. The summed E-state index contributed by atoms with van der Waals surface area (Å²) in [6.45, 7) is 8.11. The van der Waals surface area contributed by atoms with E-state index in [1.165, 1.54) is 5.06 Å². The lowest BCUT2D eigenvalue weighted by Crippen LogP contribution is -2.55. The van der Waals surface area contributed by atoms with E-state index in [0.717, 1.165) is 18.4 Å². The largest absolute Gasteiger partial charge is 0.357 e. The van der Waals surface area contributed by atoms with Gasteiger partial charge in [-0.2, -0.15) is 0 Å². The van der Waals surface area contributed by atoms with Gasteiger partial charge in [0.25, 0.3) is 0 Å². The molecule has 7 heteroatoms. The van der Waals surface area contributed by atoms with E-state index >= 15 is 0 Å². The maximum absolute atomic E-state index is 13.0. The van der Waals surface area contributed by atoms with Gasteiger partial charge in [0.1, 0.15) is 12.6 Å². The van der Waals surface area contributed by atoms with Gasteiger partial charge in [-0.3, -0.25) is 19.2 Å². The van der Waals surface area contributed by atoms with Crippen LogP contribution in [-0.2, 0) is 25.8 Å². The molecule has 0 radical (unpaired) electrons. The number of likely N-dealkylation sites (N-methyl/N-ethyl adjacent to an activating group) is 1. The minimum atomic E-state index is -0.668. The molecular weight excluding hydrogens is 370 g/mol. The Bertz CT molecular complexity index is 643. The molecule has 162 valence electrons. The van der Waals surface area contributed by atoms with Crippen molar-refractivity contribution in [3.63, 3.8) is 0 Å². The van der Waals surface area contributed by atoms with Gasteiger partial charge in [0, 0.05) is 7.05 Å². The SMILES string of the molecule is CCCCC(CN(C=O)OCc1ccccc1)C(=O)N[C@H](C(=O)NC)C(C)(C)C. The van der Waals surface area contributed by atoms with Crippen molar-refractivity contribution in [2.45, 2.75) is 59.6 Å². The number of hydrogen-bond donors (Lipinski definition) is 2. The van der Waals surface area contributed by atoms with Gasteiger partial charge in [-0.1, -0.05) is 70.9 Å². The molecule has 3 amide bonds. The molecule has 2 atom stereocenters. The van der Waals surface area contributed by atoms with Gasteiger partial charge >= 0.3 is 0 Å². The first-order valence-corrected chi connectivity index (χ1v) is 10.1. The molecule has 0 fully saturated rings. The van der Waals surface area contributed by atoms with Crippen molar-refractivity contribution in [2.24, 2.45) is 11.3 Å². The van der Waals surface area contributed by atoms with Crippen LogP contribution in [-0.4, -0.2) is 42.9 Å². The lowest BCUT2D eigenvalue weighted by molar-refractivity contribution is -0.182. The quantitative estimate of drug-likeness (QED) is 0.413. The number of carbonyl (C=O) groups excluding carboxylic acids is 3. The molecule has 7 nitrogen and oxygen atoms in total. The molecule has 1 aromatic rings. The molecule has 0 aromatic heterocycles. The summed E-state index contributed by atoms with van der Waals surface area (Å²) in [5.41, 5.74) is 0.487. The number of hydrogen-bond acceptors (Lipinski definition) is 4. The molecule has 0 saturated carbocycles. The standard InChI is InChI=1S/C22H35N3O4/c1-6-7-13-18(20(27)24-19(21(28)23-5)22(2,3)4)14-25(16-26)29-15-17-11-9-8-10-12-17/h8-12,16,18-19H,6-7,13-15H2,1-5H3,(H,23,28)(H,24,27)/t18?,19-/m1/s1. The summed E-state index contributed by atoms with van der Waals surface area (Å²) in [6, 6.07) is 8.84. The minimum Gasteiger partial charge on any atom is -0.357 e. The Morgan fingerprint density at radius 1 is 1.17 bits per heavy atom. The number of carbonyl (C=O) groups is 3. The molecule has 0 heterocycles. The van der Waals surface area contributed by atoms with Crippen molar-refractivity contribution in [3.8, 4) is 0 Å². The minimum absolute atomic E-state index is 0.132. The summed E-state index contributed by atoms with van der Waals surface area (Å²) in [5, 5.41) is 6.64. The van der Waals surface area contributed by atoms with E-state index in [4.69, 9.17) is 4.84 Å². The molecule has 29 heavy (non-hydrogen) atoms. The first-order chi connectivity index (χ1) is 13.7. The molecule has 1 unspecified atom stereocenters. The fourth-order valence-electron chi connectivity index (χ4n) is 2.91. The molecule has 2 N–H and O–H groups in total. The fourth-order valence-corrected chi connectivity index (χ4v) is 2.91. The molecule has 0 saturated heterocycles. The van der Waals surface area contributed by atoms with E-state index in [1.54, 1.807) is 7.05 Å². The second-order valence-corrected chi connectivity index (χ2v) is 8.23. The van der Waals surface area contributed by atoms with Gasteiger partial charge in [0.2, 0.25) is 18.2 Å². The summed E-state index contributed by atoms with van der Waals surface area (Å²) >= 11 is 0. The molecule has 0 spiro atoms. The molecule has 1 rings (SSSR count). The summed E-state index contributed by atoms with van der Waals surface area (Å²) in [5.74, 6) is -0.963. The van der Waals surface area contributed by atoms with Crippen molar-refractivity contribution in [3.05, 3.63) is 35.9 Å². The summed E-state index contributed by atoms with van der Waals surface area (Å²) in [6.07, 6.45) is 2.96. The van der Waals surface area contributed by atoms with Crippen LogP contribution in [0.15, 0.2) is 30.3 Å². The average Bonchev–Trinajstić information content (AvgIpc) is 2.70. The summed E-state index contributed by atoms with van der Waals surface area (Å²) < 4.78 is 0. The third-order valence-corrected chi connectivity index (χ3v) is 4.70. The van der Waals surface area contributed by atoms with E-state index in [9.17, 15) is 14.4 Å². The highest BCUT2D eigenvalue weighted by atomic mass is 16.7. The van der Waals surface area contributed by atoms with Crippen LogP contribution in [0, 0.1) is 11.3 Å². The number of hydroxylamine groups is 2. The molecule has 0 aliphatic rings. The maximum atomic E-state index is 13.0. The van der Waals surface area contributed by atoms with Crippen molar-refractivity contribution in [1.29, 1.82) is 0 Å². The fraction of sp³-hybridized carbons (Fsp3) is 0.591. The van der Waals surface area contributed by atoms with Crippen LogP contribution in [0.3, 0.4) is 0 Å². The van der Waals surface area contributed by atoms with Crippen LogP contribution in [0.4, 0.5) is 0 Å². The van der Waals surface area contributed by atoms with Gasteiger partial charge in [0.15, 0.2) is 0 Å². The van der Waals surface area contributed by atoms with Gasteiger partial charge in [-0.15, -0.1) is 0 Å². The predicted molar refractivity (Wildman–Crippen MR) is 112 cm³/mol. The van der Waals surface area contributed by atoms with Crippen LogP contribution >= 0.6 is 0 Å². The highest BCUT2D eigenvalue weighted by molar-refractivity contribution is 5.89. The zero-order valence-electron chi connectivity index (χ0n) is 18.2. The average molecular weight is 406 g/mol. The zero-order chi connectivity index (χ0) is 21.9. The van der Waals surface area contributed by atoms with E-state index in [2.05, 4.69) is 10.6 Å². The van der Waals surface area contributed by atoms with Gasteiger partial charge in [-0.25, -0.2) is 5.06 Å². The number of unbranched alkanes of at least 4 members (excludes halogenated alkanes) is 1. The number of amides is 3. The van der Waals surface area contributed by atoms with E-state index in [1.807, 2.05) is 58.0 Å². The Kier molecular flexibility index (Phi) is 10.4. The lowest BCUT2D eigenvalue weighted by Gasteiger charge is -2.32. The Balaban J connectivity index is 2.82. The Morgan fingerprint density at radius 2 is 1.83 bits per heavy atom. The second-order valence-electron chi connectivity index (χ2n) is 8.23. The van der Waals surface area contributed by atoms with Crippen molar-refractivity contribution < 1.29 is 19.2 Å². The number of benzene rings is 1. The topological polar surface area (TPSA) is 87.7 Å². The van der Waals surface area contributed by atoms with Crippen molar-refractivity contribution >= 4 is 18.2 Å². The molecule has 0 bridgehead atoms. The number of nitrogens with zero attached hydrogens (tertiary/aromatic N) is 1. The van der Waals surface area contributed by atoms with Gasteiger partial charge in [0.05, 0.1) is 12.5 Å². The molecule has 0 aliphatic carbocycles. The zero-order valence-corrected chi connectivity index (χ0v) is 18.2. The monoisotopic (exact) mass is 405 g/mol. The third kappa shape index (κ3) is 8.64. The van der Waals surface area contributed by atoms with E-state index in [-0.39, 0.29) is 25.0 Å². The van der Waals surface area contributed by atoms with Crippen LogP contribution in [0.25, 0.3) is 0 Å². The van der Waals surface area contributed by atoms with Crippen LogP contribution in [0.2, 0.25) is 0 Å². The highest BCUT2D eigenvalue weighted by Gasteiger charge is 2.34. The summed E-state index contributed by atoms with van der Waals surface area (Å²) in [7, 11) is 1.55. The predicted octanol–water partition coefficient (Wildman–Crippen LogP) is 2.66. The Morgan fingerprint density at radius 3 is 2.34 bits per heavy atom. The van der Waals surface area contributed by atoms with Gasteiger partial charge < -0.3 is 10.6 Å². The second kappa shape index (κ2) is 12.2. The normalized spacial score (nSPS) is 13.3. The third-order valence-electron chi connectivity index (χ3n) is 4.70. The van der Waals surface area contributed by atoms with Gasteiger partial charge in [-0.05, 0) is 17.4 Å². The maximum Gasteiger partial charge on any atom is 0.242 e. The highest BCUT2D eigenvalue weighted by Crippen LogP contribution is 2.21. The first kappa shape index (κ1) is 24.6. The first-order valence-electron chi connectivity index (χ1n) is 10.1. The lowest BCUT2D eigenvalue weighted by atomic mass is 9.85. The van der Waals surface area contributed by atoms with Crippen LogP contribution in [0.1, 0.15) is 52.5 Å². The summed E-state index contributed by atoms with van der Waals surface area (Å²) in [4.78, 5) is 42.3. The van der Waals surface area contributed by atoms with Crippen LogP contribution in [0.5, 0.6) is 0 Å².